The van der Waals surface area contributed by atoms with E-state index in [9.17, 15) is 19.4 Å². The second-order valence-corrected chi connectivity index (χ2v) is 7.81. The van der Waals surface area contributed by atoms with Crippen LogP contribution in [0.2, 0.25) is 0 Å². The molecule has 2 fully saturated rings. The Hall–Kier alpha value is -1.50. The fourth-order valence-corrected chi connectivity index (χ4v) is 4.11. The lowest BCUT2D eigenvalue weighted by atomic mass is 9.91. The Balaban J connectivity index is 1.53. The van der Waals surface area contributed by atoms with E-state index in [4.69, 9.17) is 0 Å². The molecule has 1 aliphatic heterocycles. The molecule has 1 amide bonds. The number of rotatable bonds is 7. The SMILES string of the molecule is O=C1N(Cc2ccccc2F)CCC[C@@]1(O)CNCCC1(O)CCCC1. The molecule has 0 aromatic heterocycles. The Morgan fingerprint density at radius 2 is 1.85 bits per heavy atom. The van der Waals surface area contributed by atoms with Gasteiger partial charge in [0, 0.05) is 25.2 Å². The van der Waals surface area contributed by atoms with Gasteiger partial charge in [0.15, 0.2) is 5.60 Å². The van der Waals surface area contributed by atoms with Gasteiger partial charge in [0.1, 0.15) is 5.82 Å². The number of hydrogen-bond acceptors (Lipinski definition) is 4. The van der Waals surface area contributed by atoms with Gasteiger partial charge in [-0.2, -0.15) is 0 Å². The van der Waals surface area contributed by atoms with Crippen molar-refractivity contribution in [2.45, 2.75) is 62.7 Å². The minimum atomic E-state index is -1.46. The number of halogens is 1. The molecule has 0 unspecified atom stereocenters. The summed E-state index contributed by atoms with van der Waals surface area (Å²) in [7, 11) is 0. The molecule has 1 aliphatic carbocycles. The molecule has 3 N–H and O–H groups in total. The summed E-state index contributed by atoms with van der Waals surface area (Å²) in [6.45, 7) is 1.43. The number of aliphatic hydroxyl groups is 2. The van der Waals surface area contributed by atoms with Crippen molar-refractivity contribution < 1.29 is 19.4 Å². The lowest BCUT2D eigenvalue weighted by Crippen LogP contribution is -2.58. The van der Waals surface area contributed by atoms with Gasteiger partial charge in [-0.1, -0.05) is 31.0 Å². The summed E-state index contributed by atoms with van der Waals surface area (Å²) in [6.07, 6.45) is 5.49. The van der Waals surface area contributed by atoms with Crippen molar-refractivity contribution in [2.24, 2.45) is 0 Å². The molecule has 0 bridgehead atoms. The third kappa shape index (κ3) is 4.42. The molecule has 1 aromatic carbocycles. The average molecular weight is 364 g/mol. The van der Waals surface area contributed by atoms with E-state index in [1.165, 1.54) is 11.0 Å². The van der Waals surface area contributed by atoms with E-state index in [0.29, 0.717) is 37.9 Å². The van der Waals surface area contributed by atoms with Crippen LogP contribution >= 0.6 is 0 Å². The number of nitrogens with one attached hydrogen (secondary N) is 1. The standard InChI is InChI=1S/C20H29FN2O3/c21-17-7-2-1-6-16(17)14-23-13-5-10-20(26,18(23)24)15-22-12-11-19(25)8-3-4-9-19/h1-2,6-7,22,25-26H,3-5,8-15H2/t20-/m1/s1. The van der Waals surface area contributed by atoms with Crippen molar-refractivity contribution in [3.05, 3.63) is 35.6 Å². The third-order valence-corrected chi connectivity index (χ3v) is 5.74. The zero-order valence-electron chi connectivity index (χ0n) is 15.2. The van der Waals surface area contributed by atoms with E-state index in [1.807, 2.05) is 0 Å². The maximum Gasteiger partial charge on any atom is 0.256 e. The van der Waals surface area contributed by atoms with Crippen LogP contribution in [0.4, 0.5) is 4.39 Å². The molecule has 1 heterocycles. The van der Waals surface area contributed by atoms with Crippen molar-refractivity contribution in [3.8, 4) is 0 Å². The predicted molar refractivity (Wildman–Crippen MR) is 96.9 cm³/mol. The summed E-state index contributed by atoms with van der Waals surface area (Å²) < 4.78 is 13.9. The van der Waals surface area contributed by atoms with Gasteiger partial charge in [-0.15, -0.1) is 0 Å². The molecule has 1 aromatic rings. The third-order valence-electron chi connectivity index (χ3n) is 5.74. The Morgan fingerprint density at radius 1 is 1.12 bits per heavy atom. The van der Waals surface area contributed by atoms with E-state index < -0.39 is 11.2 Å². The highest BCUT2D eigenvalue weighted by Gasteiger charge is 2.42. The highest BCUT2D eigenvalue weighted by atomic mass is 19.1. The van der Waals surface area contributed by atoms with Crippen molar-refractivity contribution in [2.75, 3.05) is 19.6 Å². The van der Waals surface area contributed by atoms with Gasteiger partial charge in [0.05, 0.1) is 5.60 Å². The normalized spacial score (nSPS) is 25.7. The van der Waals surface area contributed by atoms with Gasteiger partial charge in [0.2, 0.25) is 0 Å². The number of amides is 1. The van der Waals surface area contributed by atoms with Crippen LogP contribution in [0, 0.1) is 5.82 Å². The van der Waals surface area contributed by atoms with Crippen LogP contribution in [0.5, 0.6) is 0 Å². The van der Waals surface area contributed by atoms with E-state index in [1.54, 1.807) is 18.2 Å². The Bertz CT molecular complexity index is 633. The van der Waals surface area contributed by atoms with E-state index in [-0.39, 0.29) is 24.8 Å². The first-order valence-corrected chi connectivity index (χ1v) is 9.60. The van der Waals surface area contributed by atoms with Crippen LogP contribution in [0.3, 0.4) is 0 Å². The number of carbonyl (C=O) groups excluding carboxylic acids is 1. The van der Waals surface area contributed by atoms with Crippen molar-refractivity contribution in [1.82, 2.24) is 10.2 Å². The van der Waals surface area contributed by atoms with Gasteiger partial charge in [0.25, 0.3) is 5.91 Å². The second-order valence-electron chi connectivity index (χ2n) is 7.81. The molecule has 1 saturated carbocycles. The topological polar surface area (TPSA) is 72.8 Å². The first-order chi connectivity index (χ1) is 12.4. The van der Waals surface area contributed by atoms with Gasteiger partial charge in [-0.25, -0.2) is 4.39 Å². The molecule has 3 rings (SSSR count). The maximum absolute atomic E-state index is 13.9. The highest BCUT2D eigenvalue weighted by Crippen LogP contribution is 2.32. The fraction of sp³-hybridized carbons (Fsp3) is 0.650. The molecule has 26 heavy (non-hydrogen) atoms. The second kappa shape index (κ2) is 8.03. The summed E-state index contributed by atoms with van der Waals surface area (Å²) in [6, 6.07) is 6.41. The smallest absolute Gasteiger partial charge is 0.256 e. The zero-order chi connectivity index (χ0) is 18.6. The van der Waals surface area contributed by atoms with Crippen molar-refractivity contribution in [3.63, 3.8) is 0 Å². The largest absolute Gasteiger partial charge is 0.390 e. The van der Waals surface area contributed by atoms with Crippen LogP contribution in [0.15, 0.2) is 24.3 Å². The first kappa shape index (κ1) is 19.3. The van der Waals surface area contributed by atoms with Crippen LogP contribution < -0.4 is 5.32 Å². The molecule has 1 atom stereocenters. The number of benzene rings is 1. The van der Waals surface area contributed by atoms with E-state index >= 15 is 0 Å². The summed E-state index contributed by atoms with van der Waals surface area (Å²) in [4.78, 5) is 14.3. The van der Waals surface area contributed by atoms with Crippen molar-refractivity contribution >= 4 is 5.91 Å². The predicted octanol–water partition coefficient (Wildman–Crippen LogP) is 1.96. The van der Waals surface area contributed by atoms with Gasteiger partial charge in [-0.3, -0.25) is 4.79 Å². The highest BCUT2D eigenvalue weighted by molar-refractivity contribution is 5.86. The van der Waals surface area contributed by atoms with Gasteiger partial charge in [-0.05, 0) is 44.7 Å². The van der Waals surface area contributed by atoms with Crippen LogP contribution in [0.25, 0.3) is 0 Å². The molecule has 144 valence electrons. The number of hydrogen-bond donors (Lipinski definition) is 3. The summed E-state index contributed by atoms with van der Waals surface area (Å²) in [5.74, 6) is -0.684. The summed E-state index contributed by atoms with van der Waals surface area (Å²) >= 11 is 0. The number of carbonyl (C=O) groups is 1. The summed E-state index contributed by atoms with van der Waals surface area (Å²) in [5.41, 5.74) is -1.59. The Kier molecular flexibility index (Phi) is 5.95. The average Bonchev–Trinajstić information content (AvgIpc) is 3.05. The van der Waals surface area contributed by atoms with Crippen LogP contribution in [-0.2, 0) is 11.3 Å². The molecule has 2 aliphatic rings. The summed E-state index contributed by atoms with van der Waals surface area (Å²) in [5, 5.41) is 24.3. The number of piperidine rings is 1. The fourth-order valence-electron chi connectivity index (χ4n) is 4.11. The number of likely N-dealkylation sites (tertiary alicyclic amines) is 1. The lowest BCUT2D eigenvalue weighted by molar-refractivity contribution is -0.157. The van der Waals surface area contributed by atoms with Crippen LogP contribution in [-0.4, -0.2) is 51.9 Å². The zero-order valence-corrected chi connectivity index (χ0v) is 15.2. The van der Waals surface area contributed by atoms with Gasteiger partial charge < -0.3 is 20.4 Å². The van der Waals surface area contributed by atoms with Crippen LogP contribution in [0.1, 0.15) is 50.5 Å². The maximum atomic E-state index is 13.9. The Labute approximate surface area is 154 Å². The number of nitrogens with zero attached hydrogens (tertiary/aromatic N) is 1. The minimum Gasteiger partial charge on any atom is -0.390 e. The molecular weight excluding hydrogens is 335 g/mol. The molecular formula is C20H29FN2O3. The first-order valence-electron chi connectivity index (χ1n) is 9.60. The molecule has 0 spiro atoms. The van der Waals surface area contributed by atoms with E-state index in [0.717, 1.165) is 25.7 Å². The van der Waals surface area contributed by atoms with Crippen molar-refractivity contribution in [1.29, 1.82) is 0 Å². The molecule has 1 saturated heterocycles. The lowest BCUT2D eigenvalue weighted by Gasteiger charge is -2.38. The minimum absolute atomic E-state index is 0.162. The molecule has 5 nitrogen and oxygen atoms in total. The van der Waals surface area contributed by atoms with E-state index in [2.05, 4.69) is 5.32 Å². The molecule has 6 heteroatoms. The molecule has 0 radical (unpaired) electrons. The van der Waals surface area contributed by atoms with Gasteiger partial charge >= 0.3 is 0 Å². The monoisotopic (exact) mass is 364 g/mol. The quantitative estimate of drug-likeness (QED) is 0.647. The Morgan fingerprint density at radius 3 is 2.58 bits per heavy atom.